The molecule has 0 aromatic heterocycles. The van der Waals surface area contributed by atoms with E-state index in [1.165, 1.54) is 0 Å². The summed E-state index contributed by atoms with van der Waals surface area (Å²) in [6.07, 6.45) is 6.23. The van der Waals surface area contributed by atoms with Crippen molar-refractivity contribution >= 4 is 17.5 Å². The Hall–Kier alpha value is -3.98. The molecule has 1 saturated heterocycles. The standard InChI is InChI=1S/C31H34FN3O2/c1-6-24(11-8-21(3)4)29(36)34-28-19-27(25(7-2)18-22(28)5)30(37)35-16-14-31(32,15-17-35)26-12-9-23(20-33)10-13-26/h6,8-13,18-19H,3,7,14-17H2,1-2,4-5H3,(H,34,36)/b11-8-,24-6+. The highest BCUT2D eigenvalue weighted by Gasteiger charge is 2.38. The third-order valence-corrected chi connectivity index (χ3v) is 6.80. The number of hydrogen-bond acceptors (Lipinski definition) is 3. The number of hydrogen-bond donors (Lipinski definition) is 1. The zero-order valence-corrected chi connectivity index (χ0v) is 22.0. The SMILES string of the molecule is C=C(C)/C=C\C(=C/C)C(=O)Nc1cc(C(=O)N2CCC(F)(c3ccc(C#N)cc3)CC2)c(CC)cc1C. The topological polar surface area (TPSA) is 73.2 Å². The molecule has 1 N–H and O–H groups in total. The van der Waals surface area contributed by atoms with E-state index in [0.29, 0.717) is 34.4 Å². The van der Waals surface area contributed by atoms with Crippen LogP contribution in [0.25, 0.3) is 0 Å². The predicted molar refractivity (Wildman–Crippen MR) is 146 cm³/mol. The molecule has 192 valence electrons. The van der Waals surface area contributed by atoms with Crippen molar-refractivity contribution in [3.8, 4) is 6.07 Å². The number of allylic oxidation sites excluding steroid dienone is 3. The van der Waals surface area contributed by atoms with Gasteiger partial charge in [-0.1, -0.05) is 49.4 Å². The lowest BCUT2D eigenvalue weighted by Crippen LogP contribution is -2.43. The van der Waals surface area contributed by atoms with Crippen LogP contribution in [0.1, 0.15) is 66.2 Å². The Bertz CT molecular complexity index is 1290. The van der Waals surface area contributed by atoms with Crippen LogP contribution in [0.5, 0.6) is 0 Å². The van der Waals surface area contributed by atoms with Gasteiger partial charge in [0, 0.05) is 42.8 Å². The average Bonchev–Trinajstić information content (AvgIpc) is 2.89. The molecule has 5 nitrogen and oxygen atoms in total. The maximum absolute atomic E-state index is 15.7. The summed E-state index contributed by atoms with van der Waals surface area (Å²) in [5.74, 6) is -0.434. The summed E-state index contributed by atoms with van der Waals surface area (Å²) in [4.78, 5) is 28.1. The summed E-state index contributed by atoms with van der Waals surface area (Å²) >= 11 is 0. The van der Waals surface area contributed by atoms with Crippen molar-refractivity contribution in [1.82, 2.24) is 4.90 Å². The molecule has 1 heterocycles. The van der Waals surface area contributed by atoms with Gasteiger partial charge in [0.1, 0.15) is 5.67 Å². The molecule has 0 unspecified atom stereocenters. The minimum atomic E-state index is -1.54. The van der Waals surface area contributed by atoms with Crippen LogP contribution in [-0.4, -0.2) is 29.8 Å². The van der Waals surface area contributed by atoms with Crippen LogP contribution in [0.15, 0.2) is 72.4 Å². The number of piperidine rings is 1. The molecule has 37 heavy (non-hydrogen) atoms. The number of nitrogens with one attached hydrogen (secondary N) is 1. The molecule has 1 fully saturated rings. The molecule has 1 aliphatic rings. The molecule has 0 radical (unpaired) electrons. The highest BCUT2D eigenvalue weighted by Crippen LogP contribution is 2.37. The van der Waals surface area contributed by atoms with E-state index in [0.717, 1.165) is 16.7 Å². The molecule has 3 rings (SSSR count). The molecule has 2 amide bonds. The first-order chi connectivity index (χ1) is 17.6. The third-order valence-electron chi connectivity index (χ3n) is 6.80. The lowest BCUT2D eigenvalue weighted by atomic mass is 9.85. The monoisotopic (exact) mass is 499 g/mol. The normalized spacial score (nSPS) is 15.4. The minimum Gasteiger partial charge on any atom is -0.338 e. The van der Waals surface area contributed by atoms with Gasteiger partial charge >= 0.3 is 0 Å². The zero-order valence-electron chi connectivity index (χ0n) is 22.0. The maximum atomic E-state index is 15.7. The van der Waals surface area contributed by atoms with Crippen LogP contribution in [0.3, 0.4) is 0 Å². The number of nitrogens with zero attached hydrogens (tertiary/aromatic N) is 2. The number of amides is 2. The Morgan fingerprint density at radius 1 is 1.19 bits per heavy atom. The Morgan fingerprint density at radius 3 is 2.38 bits per heavy atom. The van der Waals surface area contributed by atoms with Crippen molar-refractivity contribution in [2.75, 3.05) is 18.4 Å². The maximum Gasteiger partial charge on any atom is 0.255 e. The van der Waals surface area contributed by atoms with Crippen molar-refractivity contribution in [3.63, 3.8) is 0 Å². The number of alkyl halides is 1. The first kappa shape index (κ1) is 27.6. The predicted octanol–water partition coefficient (Wildman–Crippen LogP) is 6.55. The van der Waals surface area contributed by atoms with Gasteiger partial charge in [-0.3, -0.25) is 9.59 Å². The van der Waals surface area contributed by atoms with Crippen LogP contribution in [-0.2, 0) is 16.9 Å². The van der Waals surface area contributed by atoms with Crippen molar-refractivity contribution < 1.29 is 14.0 Å². The molecule has 0 bridgehead atoms. The Labute approximate surface area is 219 Å². The van der Waals surface area contributed by atoms with Gasteiger partial charge in [0.25, 0.3) is 11.8 Å². The molecule has 2 aromatic rings. The lowest BCUT2D eigenvalue weighted by Gasteiger charge is -2.37. The summed E-state index contributed by atoms with van der Waals surface area (Å²) in [5.41, 5.74) is 3.66. The average molecular weight is 500 g/mol. The fourth-order valence-corrected chi connectivity index (χ4v) is 4.49. The number of halogens is 1. The Balaban J connectivity index is 1.79. The van der Waals surface area contributed by atoms with E-state index in [-0.39, 0.29) is 37.7 Å². The van der Waals surface area contributed by atoms with Gasteiger partial charge in [-0.15, -0.1) is 0 Å². The highest BCUT2D eigenvalue weighted by atomic mass is 19.1. The Kier molecular flexibility index (Phi) is 8.83. The highest BCUT2D eigenvalue weighted by molar-refractivity contribution is 6.07. The van der Waals surface area contributed by atoms with E-state index in [9.17, 15) is 9.59 Å². The molecule has 6 heteroatoms. The first-order valence-electron chi connectivity index (χ1n) is 12.6. The number of likely N-dealkylation sites (tertiary alicyclic amines) is 1. The zero-order chi connectivity index (χ0) is 27.2. The summed E-state index contributed by atoms with van der Waals surface area (Å²) < 4.78 is 15.7. The number of carbonyl (C=O) groups excluding carboxylic acids is 2. The van der Waals surface area contributed by atoms with Crippen LogP contribution < -0.4 is 5.32 Å². The van der Waals surface area contributed by atoms with Gasteiger partial charge < -0.3 is 10.2 Å². The van der Waals surface area contributed by atoms with Gasteiger partial charge in [-0.05, 0) is 68.2 Å². The van der Waals surface area contributed by atoms with Gasteiger partial charge in [0.05, 0.1) is 11.6 Å². The Morgan fingerprint density at radius 2 is 1.84 bits per heavy atom. The van der Waals surface area contributed by atoms with E-state index in [2.05, 4.69) is 11.9 Å². The van der Waals surface area contributed by atoms with E-state index in [1.54, 1.807) is 60.4 Å². The number of aryl methyl sites for hydroxylation is 2. The summed E-state index contributed by atoms with van der Waals surface area (Å²) in [5, 5.41) is 11.9. The second-order valence-corrected chi connectivity index (χ2v) is 9.50. The number of rotatable bonds is 7. The molecule has 0 atom stereocenters. The van der Waals surface area contributed by atoms with Crippen LogP contribution in [0.4, 0.5) is 10.1 Å². The molecule has 2 aromatic carbocycles. The van der Waals surface area contributed by atoms with E-state index < -0.39 is 5.67 Å². The lowest BCUT2D eigenvalue weighted by molar-refractivity contribution is -0.112. The van der Waals surface area contributed by atoms with E-state index in [4.69, 9.17) is 5.26 Å². The van der Waals surface area contributed by atoms with E-state index in [1.807, 2.05) is 32.9 Å². The smallest absolute Gasteiger partial charge is 0.255 e. The summed E-state index contributed by atoms with van der Waals surface area (Å²) in [6.45, 7) is 11.9. The molecule has 0 spiro atoms. The summed E-state index contributed by atoms with van der Waals surface area (Å²) in [6, 6.07) is 12.3. The second kappa shape index (κ2) is 11.8. The van der Waals surface area contributed by atoms with Crippen molar-refractivity contribution in [3.05, 3.63) is 100 Å². The number of anilines is 1. The molecule has 0 saturated carbocycles. The van der Waals surface area contributed by atoms with Gasteiger partial charge in [0.15, 0.2) is 0 Å². The van der Waals surface area contributed by atoms with Gasteiger partial charge in [-0.2, -0.15) is 5.26 Å². The fraction of sp³-hybridized carbons (Fsp3) is 0.323. The largest absolute Gasteiger partial charge is 0.338 e. The number of nitriles is 1. The quantitative estimate of drug-likeness (QED) is 0.347. The number of carbonyl (C=O) groups is 2. The third kappa shape index (κ3) is 6.42. The van der Waals surface area contributed by atoms with Gasteiger partial charge in [0.2, 0.25) is 0 Å². The van der Waals surface area contributed by atoms with Crippen molar-refractivity contribution in [1.29, 1.82) is 5.26 Å². The molecular weight excluding hydrogens is 465 g/mol. The molecule has 1 aliphatic heterocycles. The second-order valence-electron chi connectivity index (χ2n) is 9.50. The van der Waals surface area contributed by atoms with Crippen molar-refractivity contribution in [2.24, 2.45) is 0 Å². The molecular formula is C31H34FN3O2. The minimum absolute atomic E-state index is 0.164. The van der Waals surface area contributed by atoms with Gasteiger partial charge in [-0.25, -0.2) is 4.39 Å². The van der Waals surface area contributed by atoms with Crippen LogP contribution in [0.2, 0.25) is 0 Å². The van der Waals surface area contributed by atoms with Crippen LogP contribution >= 0.6 is 0 Å². The summed E-state index contributed by atoms with van der Waals surface area (Å²) in [7, 11) is 0. The fourth-order valence-electron chi connectivity index (χ4n) is 4.49. The first-order valence-corrected chi connectivity index (χ1v) is 12.6. The van der Waals surface area contributed by atoms with Crippen molar-refractivity contribution in [2.45, 2.75) is 52.6 Å². The van der Waals surface area contributed by atoms with E-state index >= 15 is 4.39 Å². The number of benzene rings is 2. The van der Waals surface area contributed by atoms with Crippen LogP contribution in [0, 0.1) is 18.3 Å². The molecule has 0 aliphatic carbocycles.